The van der Waals surface area contributed by atoms with E-state index in [1.54, 1.807) is 0 Å². The number of ether oxygens (including phenoxy) is 1. The van der Waals surface area contributed by atoms with Crippen LogP contribution in [0.4, 0.5) is 18.9 Å². The normalized spacial score (nSPS) is 18.4. The van der Waals surface area contributed by atoms with Crippen LogP contribution in [-0.2, 0) is 9.53 Å². The third kappa shape index (κ3) is 7.67. The number of alkyl halides is 3. The highest BCUT2D eigenvalue weighted by molar-refractivity contribution is 5.73. The van der Waals surface area contributed by atoms with Gasteiger partial charge in [0.1, 0.15) is 6.04 Å². The molecule has 12 nitrogen and oxygen atoms in total. The summed E-state index contributed by atoms with van der Waals surface area (Å²) in [5, 5.41) is 31.7. The number of aromatic nitrogens is 5. The molecule has 0 aliphatic carbocycles. The lowest BCUT2D eigenvalue weighted by Crippen LogP contribution is -2.31. The third-order valence-corrected chi connectivity index (χ3v) is 5.78. The average molecular weight is 524 g/mol. The summed E-state index contributed by atoms with van der Waals surface area (Å²) in [6.45, 7) is 2.02. The van der Waals surface area contributed by atoms with Crippen LogP contribution < -0.4 is 10.2 Å². The van der Waals surface area contributed by atoms with Crippen LogP contribution >= 0.6 is 0 Å². The molecule has 2 unspecified atom stereocenters. The molecule has 0 saturated carbocycles. The zero-order valence-corrected chi connectivity index (χ0v) is 20.4. The Morgan fingerprint density at radius 3 is 2.62 bits per heavy atom. The predicted molar refractivity (Wildman–Crippen MR) is 125 cm³/mol. The van der Waals surface area contributed by atoms with Crippen molar-refractivity contribution in [2.45, 2.75) is 49.6 Å². The fourth-order valence-corrected chi connectivity index (χ4v) is 3.61. The number of anilines is 1. The summed E-state index contributed by atoms with van der Waals surface area (Å²) in [5.41, 5.74) is 1.56. The van der Waals surface area contributed by atoms with Gasteiger partial charge >= 0.3 is 12.1 Å². The molecule has 2 N–H and O–H groups in total. The van der Waals surface area contributed by atoms with E-state index in [0.29, 0.717) is 19.6 Å². The number of pyridine rings is 1. The van der Waals surface area contributed by atoms with E-state index in [0.717, 1.165) is 43.1 Å². The minimum atomic E-state index is -5.08. The third-order valence-electron chi connectivity index (χ3n) is 5.78. The fourth-order valence-electron chi connectivity index (χ4n) is 3.61. The molecular formula is C22H28F3N9O3. The highest BCUT2D eigenvalue weighted by Gasteiger charge is 2.39. The second-order valence-corrected chi connectivity index (χ2v) is 8.66. The Bertz CT molecular complexity index is 1100. The lowest BCUT2D eigenvalue weighted by Gasteiger charge is -2.21. The maximum absolute atomic E-state index is 10.6. The minimum Gasteiger partial charge on any atom is -0.475 e. The fraction of sp³-hybridized carbons (Fsp3) is 0.591. The van der Waals surface area contributed by atoms with Crippen LogP contribution in [0.1, 0.15) is 49.3 Å². The zero-order valence-electron chi connectivity index (χ0n) is 20.4. The van der Waals surface area contributed by atoms with Gasteiger partial charge in [-0.1, -0.05) is 0 Å². The van der Waals surface area contributed by atoms with E-state index in [4.69, 9.17) is 21.1 Å². The van der Waals surface area contributed by atoms with Gasteiger partial charge in [-0.2, -0.15) is 23.4 Å². The SMILES string of the molecule is C#CCCC1(CCNC(c2ccc(N(C)C)cn2)c2nnnn2C2CCOC2)N=N1.O=C(O)C(F)(F)F. The number of tetrazole rings is 1. The van der Waals surface area contributed by atoms with Crippen LogP contribution in [0.5, 0.6) is 0 Å². The van der Waals surface area contributed by atoms with Crippen molar-refractivity contribution in [3.63, 3.8) is 0 Å². The molecule has 2 atom stereocenters. The van der Waals surface area contributed by atoms with E-state index in [9.17, 15) is 13.2 Å². The van der Waals surface area contributed by atoms with E-state index in [1.165, 1.54) is 0 Å². The number of hydrogen-bond acceptors (Lipinski definition) is 10. The van der Waals surface area contributed by atoms with Crippen molar-refractivity contribution in [3.05, 3.63) is 29.8 Å². The van der Waals surface area contributed by atoms with Gasteiger partial charge in [0.15, 0.2) is 11.5 Å². The van der Waals surface area contributed by atoms with Crippen molar-refractivity contribution in [1.82, 2.24) is 30.5 Å². The Kier molecular flexibility index (Phi) is 9.11. The van der Waals surface area contributed by atoms with Crippen molar-refractivity contribution < 1.29 is 27.8 Å². The zero-order chi connectivity index (χ0) is 27.1. The number of aliphatic carboxylic acids is 1. The second kappa shape index (κ2) is 12.1. The van der Waals surface area contributed by atoms with E-state index < -0.39 is 12.1 Å². The Hall–Kier alpha value is -3.64. The van der Waals surface area contributed by atoms with Gasteiger partial charge in [0, 0.05) is 46.5 Å². The molecule has 200 valence electrons. The summed E-state index contributed by atoms with van der Waals surface area (Å²) in [6, 6.07) is 3.94. The second-order valence-electron chi connectivity index (χ2n) is 8.66. The summed E-state index contributed by atoms with van der Waals surface area (Å²) >= 11 is 0. The van der Waals surface area contributed by atoms with Crippen molar-refractivity contribution in [2.24, 2.45) is 10.2 Å². The Balaban J connectivity index is 0.000000479. The lowest BCUT2D eigenvalue weighted by atomic mass is 10.0. The summed E-state index contributed by atoms with van der Waals surface area (Å²) in [5.74, 6) is 0.645. The number of carboxylic acid groups (broad SMARTS) is 1. The van der Waals surface area contributed by atoms with Crippen molar-refractivity contribution in [2.75, 3.05) is 38.8 Å². The highest BCUT2D eigenvalue weighted by atomic mass is 19.4. The molecule has 15 heteroatoms. The largest absolute Gasteiger partial charge is 0.490 e. The molecule has 37 heavy (non-hydrogen) atoms. The molecule has 0 spiro atoms. The van der Waals surface area contributed by atoms with Gasteiger partial charge in [0.05, 0.1) is 30.2 Å². The quantitative estimate of drug-likeness (QED) is 0.449. The van der Waals surface area contributed by atoms with E-state index in [1.807, 2.05) is 42.0 Å². The lowest BCUT2D eigenvalue weighted by molar-refractivity contribution is -0.192. The molecular weight excluding hydrogens is 495 g/mol. The number of nitrogens with one attached hydrogen (secondary N) is 1. The molecule has 0 amide bonds. The molecule has 4 rings (SSSR count). The molecule has 4 heterocycles. The van der Waals surface area contributed by atoms with Gasteiger partial charge in [0.25, 0.3) is 0 Å². The molecule has 0 aromatic carbocycles. The van der Waals surface area contributed by atoms with Gasteiger partial charge in [-0.25, -0.2) is 9.48 Å². The van der Waals surface area contributed by atoms with E-state index in [-0.39, 0.29) is 17.7 Å². The van der Waals surface area contributed by atoms with E-state index in [2.05, 4.69) is 42.0 Å². The molecule has 0 radical (unpaired) electrons. The first-order valence-corrected chi connectivity index (χ1v) is 11.5. The topological polar surface area (TPSA) is 143 Å². The molecule has 2 aliphatic heterocycles. The monoisotopic (exact) mass is 523 g/mol. The van der Waals surface area contributed by atoms with Gasteiger partial charge < -0.3 is 20.1 Å². The van der Waals surface area contributed by atoms with Crippen LogP contribution in [0.15, 0.2) is 28.6 Å². The number of carboxylic acids is 1. The maximum atomic E-state index is 10.6. The molecule has 2 aromatic rings. The first-order chi connectivity index (χ1) is 17.6. The van der Waals surface area contributed by atoms with Gasteiger partial charge in [-0.15, -0.1) is 17.4 Å². The predicted octanol–water partition coefficient (Wildman–Crippen LogP) is 2.37. The standard InChI is InChI=1S/C20H27N9O.C2HF3O2/c1-4-5-9-20(24-25-20)10-11-21-18(17-7-6-15(13-22-17)28(2)3)19-23-26-27-29(19)16-8-12-30-14-16;3-2(4,5)1(6)7/h1,6-7,13,16,18,21H,5,8-12,14H2,2-3H3;(H,6,7). The van der Waals surface area contributed by atoms with Crippen molar-refractivity contribution in [3.8, 4) is 12.3 Å². The molecule has 2 aliphatic rings. The van der Waals surface area contributed by atoms with Crippen molar-refractivity contribution in [1.29, 1.82) is 0 Å². The maximum Gasteiger partial charge on any atom is 0.490 e. The molecule has 1 saturated heterocycles. The average Bonchev–Trinajstić information content (AvgIpc) is 3.22. The molecule has 2 aromatic heterocycles. The number of hydrogen-bond donors (Lipinski definition) is 2. The number of rotatable bonds is 10. The molecule has 0 bridgehead atoms. The van der Waals surface area contributed by atoms with Crippen molar-refractivity contribution >= 4 is 11.7 Å². The number of nitrogens with zero attached hydrogens (tertiary/aromatic N) is 8. The van der Waals surface area contributed by atoms with Gasteiger partial charge in [-0.05, 0) is 29.0 Å². The summed E-state index contributed by atoms with van der Waals surface area (Å²) in [4.78, 5) is 15.6. The van der Waals surface area contributed by atoms with Crippen LogP contribution in [0, 0.1) is 12.3 Å². The van der Waals surface area contributed by atoms with Crippen LogP contribution in [0.25, 0.3) is 0 Å². The van der Waals surface area contributed by atoms with Crippen LogP contribution in [0.3, 0.4) is 0 Å². The van der Waals surface area contributed by atoms with Gasteiger partial charge in [-0.3, -0.25) is 4.98 Å². The van der Waals surface area contributed by atoms with Gasteiger partial charge in [0.2, 0.25) is 0 Å². The Morgan fingerprint density at radius 2 is 2.11 bits per heavy atom. The first-order valence-electron chi connectivity index (χ1n) is 11.5. The summed E-state index contributed by atoms with van der Waals surface area (Å²) in [7, 11) is 3.98. The highest BCUT2D eigenvalue weighted by Crippen LogP contribution is 2.36. The van der Waals surface area contributed by atoms with Crippen LogP contribution in [0.2, 0.25) is 0 Å². The number of carbonyl (C=O) groups is 1. The minimum absolute atomic E-state index is 0.135. The van der Waals surface area contributed by atoms with Crippen LogP contribution in [-0.4, -0.2) is 82.0 Å². The Labute approximate surface area is 211 Å². The number of halogens is 3. The molecule has 1 fully saturated rings. The van der Waals surface area contributed by atoms with E-state index >= 15 is 0 Å². The summed E-state index contributed by atoms with van der Waals surface area (Å²) < 4.78 is 39.1. The first kappa shape index (κ1) is 27.9. The number of terminal acetylenes is 1. The smallest absolute Gasteiger partial charge is 0.475 e. The summed E-state index contributed by atoms with van der Waals surface area (Å²) in [6.07, 6.45) is 5.29. The Morgan fingerprint density at radius 1 is 1.38 bits per heavy atom.